The number of rotatable bonds is 6. The molecule has 0 aromatic heterocycles. The van der Waals surface area contributed by atoms with Gasteiger partial charge in [0.1, 0.15) is 5.75 Å². The predicted molar refractivity (Wildman–Crippen MR) is 95.2 cm³/mol. The minimum Gasteiger partial charge on any atom is -0.496 e. The van der Waals surface area contributed by atoms with Crippen LogP contribution in [0.15, 0.2) is 53.4 Å². The van der Waals surface area contributed by atoms with E-state index < -0.39 is 0 Å². The molecular weight excluding hydrogens is 348 g/mol. The van der Waals surface area contributed by atoms with Gasteiger partial charge in [0.05, 0.1) is 19.3 Å². The van der Waals surface area contributed by atoms with Gasteiger partial charge in [0.15, 0.2) is 0 Å². The lowest BCUT2D eigenvalue weighted by Gasteiger charge is -2.09. The number of carbonyl (C=O) groups excluding carboxylic acids is 2. The van der Waals surface area contributed by atoms with E-state index in [0.717, 1.165) is 10.5 Å². The molecule has 0 heterocycles. The maximum Gasteiger partial charge on any atom is 0.248 e. The highest BCUT2D eigenvalue weighted by atomic mass is 35.5. The number of thioether (sulfide) groups is 1. The van der Waals surface area contributed by atoms with Crippen LogP contribution >= 0.6 is 23.4 Å². The number of hydrogen-bond donors (Lipinski definition) is 2. The summed E-state index contributed by atoms with van der Waals surface area (Å²) in [5.74, 6) is 0.223. The lowest BCUT2D eigenvalue weighted by atomic mass is 10.1. The molecule has 2 aromatic rings. The molecule has 5 nitrogen and oxygen atoms in total. The van der Waals surface area contributed by atoms with Gasteiger partial charge in [0.25, 0.3) is 0 Å². The van der Waals surface area contributed by atoms with Gasteiger partial charge in [-0.15, -0.1) is 11.8 Å². The highest BCUT2D eigenvalue weighted by Gasteiger charge is 2.09. The Morgan fingerprint density at radius 3 is 2.42 bits per heavy atom. The fourth-order valence-electron chi connectivity index (χ4n) is 1.92. The van der Waals surface area contributed by atoms with Crippen molar-refractivity contribution in [3.63, 3.8) is 0 Å². The van der Waals surface area contributed by atoms with Crippen LogP contribution in [-0.4, -0.2) is 24.7 Å². The molecular formula is C17H17ClN2O3S. The molecule has 0 saturated carbocycles. The van der Waals surface area contributed by atoms with E-state index in [2.05, 4.69) is 10.9 Å². The molecule has 2 N–H and O–H groups in total. The zero-order valence-corrected chi connectivity index (χ0v) is 14.6. The molecule has 0 saturated heterocycles. The standard InChI is InChI=1S/C17H17ClN2O3S/c1-23-15-5-3-2-4-12(15)10-16(21)19-20-17(22)11-24-14-8-6-13(18)7-9-14/h2-9H,10-11H2,1H3,(H,19,21)(H,20,22). The third kappa shape index (κ3) is 5.79. The van der Waals surface area contributed by atoms with Gasteiger partial charge < -0.3 is 4.74 Å². The second-order valence-electron chi connectivity index (χ2n) is 4.83. The maximum absolute atomic E-state index is 11.9. The van der Waals surface area contributed by atoms with Crippen molar-refractivity contribution >= 4 is 35.2 Å². The van der Waals surface area contributed by atoms with Crippen LogP contribution in [0.5, 0.6) is 5.75 Å². The summed E-state index contributed by atoms with van der Waals surface area (Å²) in [6.45, 7) is 0. The first-order valence-corrected chi connectivity index (χ1v) is 8.53. The number of halogens is 1. The molecule has 7 heteroatoms. The van der Waals surface area contributed by atoms with E-state index >= 15 is 0 Å². The van der Waals surface area contributed by atoms with Gasteiger partial charge in [-0.2, -0.15) is 0 Å². The minimum atomic E-state index is -0.315. The van der Waals surface area contributed by atoms with Gasteiger partial charge in [-0.1, -0.05) is 29.8 Å². The molecule has 2 aromatic carbocycles. The lowest BCUT2D eigenvalue weighted by Crippen LogP contribution is -2.43. The van der Waals surface area contributed by atoms with Crippen LogP contribution in [0.4, 0.5) is 0 Å². The van der Waals surface area contributed by atoms with Gasteiger partial charge in [0.2, 0.25) is 11.8 Å². The first-order chi connectivity index (χ1) is 11.6. The van der Waals surface area contributed by atoms with E-state index in [9.17, 15) is 9.59 Å². The summed E-state index contributed by atoms with van der Waals surface area (Å²) in [7, 11) is 1.55. The number of ether oxygens (including phenoxy) is 1. The van der Waals surface area contributed by atoms with Crippen molar-refractivity contribution in [1.82, 2.24) is 10.9 Å². The van der Waals surface area contributed by atoms with Crippen LogP contribution in [0.3, 0.4) is 0 Å². The zero-order valence-electron chi connectivity index (χ0n) is 13.0. The van der Waals surface area contributed by atoms with E-state index in [1.807, 2.05) is 24.3 Å². The average molecular weight is 365 g/mol. The van der Waals surface area contributed by atoms with Gasteiger partial charge in [-0.3, -0.25) is 20.4 Å². The molecule has 0 aliphatic carbocycles. The molecule has 2 rings (SSSR count). The molecule has 0 fully saturated rings. The smallest absolute Gasteiger partial charge is 0.248 e. The highest BCUT2D eigenvalue weighted by molar-refractivity contribution is 8.00. The van der Waals surface area contributed by atoms with Gasteiger partial charge in [0, 0.05) is 15.5 Å². The SMILES string of the molecule is COc1ccccc1CC(=O)NNC(=O)CSc1ccc(Cl)cc1. The minimum absolute atomic E-state index is 0.120. The zero-order chi connectivity index (χ0) is 17.4. The average Bonchev–Trinajstić information content (AvgIpc) is 2.60. The topological polar surface area (TPSA) is 67.4 Å². The van der Waals surface area contributed by atoms with Gasteiger partial charge in [-0.05, 0) is 30.3 Å². The Balaban J connectivity index is 1.74. The van der Waals surface area contributed by atoms with E-state index in [-0.39, 0.29) is 24.0 Å². The molecule has 0 spiro atoms. The Hall–Kier alpha value is -2.18. The summed E-state index contributed by atoms with van der Waals surface area (Å²) in [5.41, 5.74) is 5.55. The highest BCUT2D eigenvalue weighted by Crippen LogP contribution is 2.20. The van der Waals surface area contributed by atoms with Crippen molar-refractivity contribution in [2.75, 3.05) is 12.9 Å². The van der Waals surface area contributed by atoms with E-state index in [1.165, 1.54) is 11.8 Å². The van der Waals surface area contributed by atoms with Crippen LogP contribution in [0.25, 0.3) is 0 Å². The Labute approximate surface area is 149 Å². The number of nitrogens with one attached hydrogen (secondary N) is 2. The van der Waals surface area contributed by atoms with Crippen LogP contribution in [0, 0.1) is 0 Å². The summed E-state index contributed by atoms with van der Waals surface area (Å²) in [4.78, 5) is 24.6. The normalized spacial score (nSPS) is 10.1. The number of carbonyl (C=O) groups is 2. The van der Waals surface area contributed by atoms with Crippen molar-refractivity contribution in [1.29, 1.82) is 0 Å². The number of methoxy groups -OCH3 is 1. The molecule has 0 bridgehead atoms. The third-order valence-corrected chi connectivity index (χ3v) is 4.33. The van der Waals surface area contributed by atoms with Crippen LogP contribution in [0.2, 0.25) is 5.02 Å². The molecule has 24 heavy (non-hydrogen) atoms. The van der Waals surface area contributed by atoms with E-state index in [0.29, 0.717) is 10.8 Å². The molecule has 0 atom stereocenters. The molecule has 0 aliphatic heterocycles. The lowest BCUT2D eigenvalue weighted by molar-refractivity contribution is -0.127. The Bertz CT molecular complexity index is 707. The summed E-state index contributed by atoms with van der Waals surface area (Å²) in [6.07, 6.45) is 0.120. The fraction of sp³-hybridized carbons (Fsp3) is 0.176. The summed E-state index contributed by atoms with van der Waals surface area (Å²) < 4.78 is 5.19. The first kappa shape index (κ1) is 18.2. The van der Waals surface area contributed by atoms with Gasteiger partial charge >= 0.3 is 0 Å². The number of amides is 2. The summed E-state index contributed by atoms with van der Waals surface area (Å²) in [6, 6.07) is 14.4. The first-order valence-electron chi connectivity index (χ1n) is 7.16. The van der Waals surface area contributed by atoms with Crippen molar-refractivity contribution in [2.45, 2.75) is 11.3 Å². The largest absolute Gasteiger partial charge is 0.496 e. The quantitative estimate of drug-likeness (QED) is 0.611. The monoisotopic (exact) mass is 364 g/mol. The molecule has 126 valence electrons. The summed E-state index contributed by atoms with van der Waals surface area (Å²) in [5, 5.41) is 0.646. The molecule has 2 amide bonds. The molecule has 0 radical (unpaired) electrons. The van der Waals surface area contributed by atoms with Crippen LogP contribution in [0.1, 0.15) is 5.56 Å². The van der Waals surface area contributed by atoms with Crippen LogP contribution in [-0.2, 0) is 16.0 Å². The maximum atomic E-state index is 11.9. The summed E-state index contributed by atoms with van der Waals surface area (Å²) >= 11 is 7.16. The predicted octanol–water partition coefficient (Wildman–Crippen LogP) is 2.83. The van der Waals surface area contributed by atoms with E-state index in [1.54, 1.807) is 31.4 Å². The molecule has 0 aliphatic rings. The van der Waals surface area contributed by atoms with Crippen molar-refractivity contribution in [3.8, 4) is 5.75 Å². The van der Waals surface area contributed by atoms with Crippen LogP contribution < -0.4 is 15.6 Å². The second kappa shape index (κ2) is 9.20. The fourth-order valence-corrected chi connectivity index (χ4v) is 2.75. The number of hydrazine groups is 1. The van der Waals surface area contributed by atoms with Crippen molar-refractivity contribution in [3.05, 3.63) is 59.1 Å². The van der Waals surface area contributed by atoms with E-state index in [4.69, 9.17) is 16.3 Å². The third-order valence-electron chi connectivity index (χ3n) is 3.07. The van der Waals surface area contributed by atoms with Crippen molar-refractivity contribution in [2.24, 2.45) is 0 Å². The van der Waals surface area contributed by atoms with Gasteiger partial charge in [-0.25, -0.2) is 0 Å². The number of para-hydroxylation sites is 1. The number of benzene rings is 2. The second-order valence-corrected chi connectivity index (χ2v) is 6.31. The number of hydrogen-bond acceptors (Lipinski definition) is 4. The Morgan fingerprint density at radius 1 is 1.04 bits per heavy atom. The Morgan fingerprint density at radius 2 is 1.71 bits per heavy atom. The Kier molecular flexibility index (Phi) is 6.96. The van der Waals surface area contributed by atoms with Crippen molar-refractivity contribution < 1.29 is 14.3 Å². The molecule has 0 unspecified atom stereocenters.